The third-order valence-corrected chi connectivity index (χ3v) is 4.86. The van der Waals surface area contributed by atoms with Gasteiger partial charge < -0.3 is 9.80 Å². The van der Waals surface area contributed by atoms with Crippen LogP contribution in [0.1, 0.15) is 15.9 Å². The standard InChI is InChI=1S/C20H17F3N4O/c21-20(22,23)15-3-4-16-17(12-15)25-7-5-18(16)26-8-10-27(11-9-26)19(28)14-2-1-6-24-13-14/h1-7,12-13H,8-11H2. The highest BCUT2D eigenvalue weighted by Crippen LogP contribution is 2.33. The lowest BCUT2D eigenvalue weighted by Gasteiger charge is -2.36. The fraction of sp³-hybridized carbons (Fsp3) is 0.250. The highest BCUT2D eigenvalue weighted by atomic mass is 19.4. The van der Waals surface area contributed by atoms with Gasteiger partial charge in [0.15, 0.2) is 0 Å². The number of carbonyl (C=O) groups excluding carboxylic acids is 1. The van der Waals surface area contributed by atoms with E-state index >= 15 is 0 Å². The van der Waals surface area contributed by atoms with Gasteiger partial charge in [0.05, 0.1) is 16.6 Å². The van der Waals surface area contributed by atoms with Crippen LogP contribution in [0.25, 0.3) is 10.9 Å². The number of hydrogen-bond acceptors (Lipinski definition) is 4. The van der Waals surface area contributed by atoms with Gasteiger partial charge in [-0.15, -0.1) is 0 Å². The van der Waals surface area contributed by atoms with Gasteiger partial charge in [-0.25, -0.2) is 0 Å². The molecule has 8 heteroatoms. The van der Waals surface area contributed by atoms with Gasteiger partial charge in [-0.05, 0) is 30.3 Å². The molecule has 0 saturated carbocycles. The Balaban J connectivity index is 1.53. The Morgan fingerprint density at radius 1 is 1.00 bits per heavy atom. The number of carbonyl (C=O) groups is 1. The molecule has 28 heavy (non-hydrogen) atoms. The first-order valence-corrected chi connectivity index (χ1v) is 8.84. The van der Waals surface area contributed by atoms with Crippen LogP contribution in [-0.4, -0.2) is 47.0 Å². The molecule has 144 valence electrons. The molecule has 1 aliphatic heterocycles. The fourth-order valence-electron chi connectivity index (χ4n) is 3.41. The minimum Gasteiger partial charge on any atom is -0.367 e. The molecule has 0 N–H and O–H groups in total. The van der Waals surface area contributed by atoms with Crippen LogP contribution in [0.2, 0.25) is 0 Å². The van der Waals surface area contributed by atoms with E-state index in [9.17, 15) is 18.0 Å². The molecule has 3 heterocycles. The Labute approximate surface area is 159 Å². The van der Waals surface area contributed by atoms with Crippen LogP contribution in [0.3, 0.4) is 0 Å². The van der Waals surface area contributed by atoms with E-state index < -0.39 is 11.7 Å². The summed E-state index contributed by atoms with van der Waals surface area (Å²) in [5, 5.41) is 0.669. The van der Waals surface area contributed by atoms with Gasteiger partial charge >= 0.3 is 6.18 Å². The molecule has 5 nitrogen and oxygen atoms in total. The van der Waals surface area contributed by atoms with E-state index in [-0.39, 0.29) is 5.91 Å². The van der Waals surface area contributed by atoms with E-state index in [1.807, 2.05) is 0 Å². The average Bonchev–Trinajstić information content (AvgIpc) is 2.72. The van der Waals surface area contributed by atoms with Crippen molar-refractivity contribution in [3.63, 3.8) is 0 Å². The number of rotatable bonds is 2. The minimum atomic E-state index is -4.40. The van der Waals surface area contributed by atoms with Gasteiger partial charge in [0, 0.05) is 55.8 Å². The largest absolute Gasteiger partial charge is 0.416 e. The molecule has 0 atom stereocenters. The molecule has 0 spiro atoms. The van der Waals surface area contributed by atoms with Crippen LogP contribution < -0.4 is 4.90 Å². The number of anilines is 1. The molecule has 1 aliphatic rings. The van der Waals surface area contributed by atoms with Crippen molar-refractivity contribution in [2.75, 3.05) is 31.1 Å². The van der Waals surface area contributed by atoms with E-state index in [0.29, 0.717) is 42.6 Å². The lowest BCUT2D eigenvalue weighted by atomic mass is 10.1. The van der Waals surface area contributed by atoms with Crippen molar-refractivity contribution in [3.8, 4) is 0 Å². The highest BCUT2D eigenvalue weighted by molar-refractivity contribution is 5.94. The highest BCUT2D eigenvalue weighted by Gasteiger charge is 2.31. The zero-order valence-electron chi connectivity index (χ0n) is 14.9. The van der Waals surface area contributed by atoms with Gasteiger partial charge in [-0.2, -0.15) is 13.2 Å². The summed E-state index contributed by atoms with van der Waals surface area (Å²) in [6.07, 6.45) is 0.284. The molecule has 4 rings (SSSR count). The second-order valence-electron chi connectivity index (χ2n) is 6.58. The van der Waals surface area contributed by atoms with Crippen molar-refractivity contribution in [2.45, 2.75) is 6.18 Å². The van der Waals surface area contributed by atoms with Crippen LogP contribution >= 0.6 is 0 Å². The Kier molecular flexibility index (Phi) is 4.62. The first-order chi connectivity index (χ1) is 13.4. The number of hydrogen-bond donors (Lipinski definition) is 0. The second kappa shape index (κ2) is 7.10. The summed E-state index contributed by atoms with van der Waals surface area (Å²) in [5.74, 6) is -0.0674. The lowest BCUT2D eigenvalue weighted by molar-refractivity contribution is -0.137. The smallest absolute Gasteiger partial charge is 0.367 e. The van der Waals surface area contributed by atoms with Crippen molar-refractivity contribution >= 4 is 22.5 Å². The zero-order chi connectivity index (χ0) is 19.7. The summed E-state index contributed by atoms with van der Waals surface area (Å²) >= 11 is 0. The van der Waals surface area contributed by atoms with Crippen LogP contribution in [0, 0.1) is 0 Å². The predicted molar refractivity (Wildman–Crippen MR) is 99.1 cm³/mol. The number of nitrogens with zero attached hydrogens (tertiary/aromatic N) is 4. The number of halogens is 3. The number of amides is 1. The van der Waals surface area contributed by atoms with Gasteiger partial charge in [0.2, 0.25) is 0 Å². The molecular formula is C20H17F3N4O. The van der Waals surface area contributed by atoms with Crippen LogP contribution in [0.4, 0.5) is 18.9 Å². The summed E-state index contributed by atoms with van der Waals surface area (Å²) in [6, 6.07) is 8.87. The van der Waals surface area contributed by atoms with Crippen LogP contribution in [0.5, 0.6) is 0 Å². The molecule has 1 saturated heterocycles. The Morgan fingerprint density at radius 3 is 2.46 bits per heavy atom. The number of piperazine rings is 1. The molecule has 1 amide bonds. The van der Waals surface area contributed by atoms with E-state index in [4.69, 9.17) is 0 Å². The molecule has 0 radical (unpaired) electrons. The number of fused-ring (bicyclic) bond motifs is 1. The van der Waals surface area contributed by atoms with Crippen molar-refractivity contribution in [1.29, 1.82) is 0 Å². The van der Waals surface area contributed by atoms with E-state index in [1.165, 1.54) is 12.3 Å². The molecule has 0 unspecified atom stereocenters. The Hall–Kier alpha value is -3.16. The normalized spacial score (nSPS) is 15.1. The monoisotopic (exact) mass is 386 g/mol. The Morgan fingerprint density at radius 2 is 1.79 bits per heavy atom. The average molecular weight is 386 g/mol. The minimum absolute atomic E-state index is 0.0674. The molecule has 1 aromatic carbocycles. The summed E-state index contributed by atoms with van der Waals surface area (Å²) < 4.78 is 38.8. The maximum atomic E-state index is 12.9. The lowest BCUT2D eigenvalue weighted by Crippen LogP contribution is -2.48. The van der Waals surface area contributed by atoms with Gasteiger partial charge in [-0.3, -0.25) is 14.8 Å². The van der Waals surface area contributed by atoms with Crippen molar-refractivity contribution in [3.05, 3.63) is 66.1 Å². The molecule has 0 bridgehead atoms. The van der Waals surface area contributed by atoms with Gasteiger partial charge in [0.25, 0.3) is 5.91 Å². The van der Waals surface area contributed by atoms with E-state index in [0.717, 1.165) is 17.8 Å². The summed E-state index contributed by atoms with van der Waals surface area (Å²) in [4.78, 5) is 24.4. The first-order valence-electron chi connectivity index (χ1n) is 8.84. The molecular weight excluding hydrogens is 369 g/mol. The van der Waals surface area contributed by atoms with E-state index in [1.54, 1.807) is 35.5 Å². The maximum Gasteiger partial charge on any atom is 0.416 e. The number of alkyl halides is 3. The molecule has 1 fully saturated rings. The SMILES string of the molecule is O=C(c1cccnc1)N1CCN(c2ccnc3cc(C(F)(F)F)ccc23)CC1. The third kappa shape index (κ3) is 3.49. The topological polar surface area (TPSA) is 49.3 Å². The first kappa shape index (κ1) is 18.2. The second-order valence-corrected chi connectivity index (χ2v) is 6.58. The molecule has 0 aliphatic carbocycles. The third-order valence-electron chi connectivity index (χ3n) is 4.86. The summed E-state index contributed by atoms with van der Waals surface area (Å²) in [5.41, 5.74) is 0.968. The van der Waals surface area contributed by atoms with Gasteiger partial charge in [0.1, 0.15) is 0 Å². The summed E-state index contributed by atoms with van der Waals surface area (Å²) in [7, 11) is 0. The van der Waals surface area contributed by atoms with Gasteiger partial charge in [-0.1, -0.05) is 6.07 Å². The van der Waals surface area contributed by atoms with Crippen LogP contribution in [0.15, 0.2) is 55.0 Å². The Bertz CT molecular complexity index is 999. The number of benzene rings is 1. The fourth-order valence-corrected chi connectivity index (χ4v) is 3.41. The maximum absolute atomic E-state index is 12.9. The zero-order valence-corrected chi connectivity index (χ0v) is 14.9. The summed E-state index contributed by atoms with van der Waals surface area (Å²) in [6.45, 7) is 2.23. The van der Waals surface area contributed by atoms with E-state index in [2.05, 4.69) is 14.9 Å². The van der Waals surface area contributed by atoms with Crippen molar-refractivity contribution in [2.24, 2.45) is 0 Å². The molecule has 3 aromatic rings. The number of aromatic nitrogens is 2. The van der Waals surface area contributed by atoms with Crippen molar-refractivity contribution < 1.29 is 18.0 Å². The number of pyridine rings is 2. The van der Waals surface area contributed by atoms with Crippen LogP contribution in [-0.2, 0) is 6.18 Å². The predicted octanol–water partition coefficient (Wildman–Crippen LogP) is 3.61. The molecule has 2 aromatic heterocycles. The quantitative estimate of drug-likeness (QED) is 0.675. The van der Waals surface area contributed by atoms with Crippen molar-refractivity contribution in [1.82, 2.24) is 14.9 Å².